The molecule has 3 heterocycles. The van der Waals surface area contributed by atoms with Crippen LogP contribution in [0.25, 0.3) is 116 Å². The summed E-state index contributed by atoms with van der Waals surface area (Å²) in [7, 11) is 0. The van der Waals surface area contributed by atoms with Gasteiger partial charge < -0.3 is 8.98 Å². The molecule has 260 valence electrons. The number of hydrogen-bond donors (Lipinski definition) is 0. The summed E-state index contributed by atoms with van der Waals surface area (Å²) in [6.45, 7) is 0. The van der Waals surface area contributed by atoms with Crippen LogP contribution in [0.2, 0.25) is 0 Å². The SMILES string of the molecule is c1ccc(-c2cccc(-c3nc(-c4ccccc4)nc(-c4ccc(-n5c6cccc7c8ccccc8c8cccc9oc%10ccc5c(c%10c98)c76)cc4)n3)c2)cc1. The van der Waals surface area contributed by atoms with Gasteiger partial charge in [0.15, 0.2) is 17.5 Å². The summed E-state index contributed by atoms with van der Waals surface area (Å²) in [5.74, 6) is 1.89. The number of benzene rings is 8. The molecule has 12 rings (SSSR count). The Bertz CT molecular complexity index is 3460. The minimum Gasteiger partial charge on any atom is -0.456 e. The second-order valence-electron chi connectivity index (χ2n) is 14.4. The first-order valence-corrected chi connectivity index (χ1v) is 18.9. The smallest absolute Gasteiger partial charge is 0.164 e. The van der Waals surface area contributed by atoms with Crippen LogP contribution >= 0.6 is 0 Å². The number of rotatable bonds is 5. The largest absolute Gasteiger partial charge is 0.456 e. The van der Waals surface area contributed by atoms with Crippen LogP contribution in [-0.2, 0) is 0 Å². The highest BCUT2D eigenvalue weighted by Gasteiger charge is 2.23. The fourth-order valence-electron chi connectivity index (χ4n) is 8.72. The van der Waals surface area contributed by atoms with Gasteiger partial charge in [0, 0.05) is 43.9 Å². The van der Waals surface area contributed by atoms with Crippen LogP contribution in [-0.4, -0.2) is 19.5 Å². The van der Waals surface area contributed by atoms with Gasteiger partial charge in [-0.15, -0.1) is 0 Å². The molecule has 9 aromatic carbocycles. The van der Waals surface area contributed by atoms with Crippen LogP contribution in [0.15, 0.2) is 186 Å². The van der Waals surface area contributed by atoms with Crippen LogP contribution in [0.5, 0.6) is 0 Å². The van der Waals surface area contributed by atoms with Gasteiger partial charge in [0.1, 0.15) is 11.2 Å². The molecule has 0 N–H and O–H groups in total. The number of aromatic nitrogens is 4. The van der Waals surface area contributed by atoms with Gasteiger partial charge in [-0.2, -0.15) is 0 Å². The van der Waals surface area contributed by atoms with E-state index in [2.05, 4.69) is 150 Å². The summed E-state index contributed by atoms with van der Waals surface area (Å²) in [6, 6.07) is 63.7. The average molecular weight is 715 g/mol. The van der Waals surface area contributed by atoms with Gasteiger partial charge >= 0.3 is 0 Å². The van der Waals surface area contributed by atoms with E-state index in [4.69, 9.17) is 19.4 Å². The van der Waals surface area contributed by atoms with E-state index in [-0.39, 0.29) is 0 Å². The van der Waals surface area contributed by atoms with Crippen molar-refractivity contribution in [1.29, 1.82) is 0 Å². The zero-order valence-electron chi connectivity index (χ0n) is 30.0. The third-order valence-corrected chi connectivity index (χ3v) is 11.2. The highest BCUT2D eigenvalue weighted by atomic mass is 16.3. The van der Waals surface area contributed by atoms with Gasteiger partial charge in [0.25, 0.3) is 0 Å². The van der Waals surface area contributed by atoms with Crippen molar-refractivity contribution in [2.45, 2.75) is 0 Å². The van der Waals surface area contributed by atoms with Crippen LogP contribution in [0, 0.1) is 0 Å². The van der Waals surface area contributed by atoms with E-state index in [0.717, 1.165) is 61.1 Å². The van der Waals surface area contributed by atoms with E-state index in [1.165, 1.54) is 37.7 Å². The lowest BCUT2D eigenvalue weighted by molar-refractivity contribution is 0.669. The molecule has 0 saturated carbocycles. The molecule has 0 atom stereocenters. The third kappa shape index (κ3) is 4.58. The maximum Gasteiger partial charge on any atom is 0.164 e. The standard InChI is InChI=1S/C51H30N4O/c1-3-12-31(13-4-1)34-16-9-17-35(30-34)51-53-49(32-14-5-2-6-15-32)52-50(54-51)33-24-26-36(27-25-33)55-41-22-10-20-39-37-18-7-8-19-38(37)40-21-11-23-43-46(40)48-44(56-43)29-28-42(55)47(48)45(39)41/h1-30H. The lowest BCUT2D eigenvalue weighted by Crippen LogP contribution is -2.00. The van der Waals surface area contributed by atoms with Gasteiger partial charge in [0.05, 0.1) is 11.0 Å². The second-order valence-corrected chi connectivity index (χ2v) is 14.4. The van der Waals surface area contributed by atoms with Crippen molar-refractivity contribution in [2.24, 2.45) is 0 Å². The summed E-state index contributed by atoms with van der Waals surface area (Å²) in [5.41, 5.74) is 10.2. The van der Waals surface area contributed by atoms with Crippen molar-refractivity contribution in [2.75, 3.05) is 0 Å². The molecule has 5 heteroatoms. The molecular weight excluding hydrogens is 685 g/mol. The normalized spacial score (nSPS) is 11.9. The van der Waals surface area contributed by atoms with Crippen molar-refractivity contribution in [1.82, 2.24) is 19.5 Å². The molecule has 12 aromatic rings. The van der Waals surface area contributed by atoms with Crippen LogP contribution in [0.1, 0.15) is 0 Å². The Hall–Kier alpha value is -7.63. The molecular formula is C51H30N4O. The minimum absolute atomic E-state index is 0.622. The first-order chi connectivity index (χ1) is 27.8. The lowest BCUT2D eigenvalue weighted by atomic mass is 9.95. The van der Waals surface area contributed by atoms with Gasteiger partial charge in [-0.3, -0.25) is 0 Å². The number of nitrogens with zero attached hydrogens (tertiary/aromatic N) is 4. The molecule has 0 saturated heterocycles. The highest BCUT2D eigenvalue weighted by molar-refractivity contribution is 6.38. The van der Waals surface area contributed by atoms with Crippen molar-refractivity contribution < 1.29 is 4.42 Å². The average Bonchev–Trinajstić information content (AvgIpc) is 3.82. The molecule has 0 aliphatic rings. The quantitative estimate of drug-likeness (QED) is 0.178. The van der Waals surface area contributed by atoms with Crippen molar-refractivity contribution >= 4 is 65.3 Å². The van der Waals surface area contributed by atoms with E-state index >= 15 is 0 Å². The van der Waals surface area contributed by atoms with E-state index in [1.54, 1.807) is 0 Å². The summed E-state index contributed by atoms with van der Waals surface area (Å²) in [5, 5.41) is 9.63. The lowest BCUT2D eigenvalue weighted by Gasteiger charge is -2.11. The Labute approximate surface area is 321 Å². The fraction of sp³-hybridized carbons (Fsp3) is 0. The molecule has 0 spiro atoms. The van der Waals surface area contributed by atoms with E-state index in [0.29, 0.717) is 17.5 Å². The van der Waals surface area contributed by atoms with Crippen molar-refractivity contribution in [3.05, 3.63) is 182 Å². The maximum absolute atomic E-state index is 6.55. The van der Waals surface area contributed by atoms with Gasteiger partial charge in [-0.25, -0.2) is 15.0 Å². The highest BCUT2D eigenvalue weighted by Crippen LogP contribution is 2.47. The zero-order chi connectivity index (χ0) is 36.7. The molecule has 0 unspecified atom stereocenters. The first kappa shape index (κ1) is 30.8. The Morgan fingerprint density at radius 2 is 0.839 bits per heavy atom. The maximum atomic E-state index is 6.55. The molecule has 0 bridgehead atoms. The van der Waals surface area contributed by atoms with Crippen LogP contribution in [0.3, 0.4) is 0 Å². The summed E-state index contributed by atoms with van der Waals surface area (Å²) in [4.78, 5) is 15.1. The minimum atomic E-state index is 0.622. The van der Waals surface area contributed by atoms with Crippen LogP contribution < -0.4 is 0 Å². The fourth-order valence-corrected chi connectivity index (χ4v) is 8.72. The van der Waals surface area contributed by atoms with E-state index in [9.17, 15) is 0 Å². The predicted molar refractivity (Wildman–Crippen MR) is 229 cm³/mol. The third-order valence-electron chi connectivity index (χ3n) is 11.2. The summed E-state index contributed by atoms with van der Waals surface area (Å²) >= 11 is 0. The Balaban J connectivity index is 1.06. The molecule has 3 aromatic heterocycles. The molecule has 0 aliphatic heterocycles. The Kier molecular flexibility index (Phi) is 6.56. The summed E-state index contributed by atoms with van der Waals surface area (Å²) < 4.78 is 8.94. The number of fused-ring (bicyclic) bond motifs is 3. The van der Waals surface area contributed by atoms with Gasteiger partial charge in [-0.05, 0) is 87.3 Å². The Morgan fingerprint density at radius 1 is 0.321 bits per heavy atom. The Morgan fingerprint density at radius 3 is 1.57 bits per heavy atom. The molecule has 0 amide bonds. The van der Waals surface area contributed by atoms with Gasteiger partial charge in [-0.1, -0.05) is 127 Å². The zero-order valence-corrected chi connectivity index (χ0v) is 30.0. The summed E-state index contributed by atoms with van der Waals surface area (Å²) in [6.07, 6.45) is 0. The van der Waals surface area contributed by atoms with Crippen LogP contribution in [0.4, 0.5) is 0 Å². The van der Waals surface area contributed by atoms with Gasteiger partial charge in [0.2, 0.25) is 0 Å². The number of hydrogen-bond acceptors (Lipinski definition) is 4. The predicted octanol–water partition coefficient (Wildman–Crippen LogP) is 13.3. The number of furan rings is 1. The second kappa shape index (κ2) is 11.9. The molecule has 56 heavy (non-hydrogen) atoms. The molecule has 0 fully saturated rings. The van der Waals surface area contributed by atoms with E-state index in [1.807, 2.05) is 36.4 Å². The monoisotopic (exact) mass is 714 g/mol. The van der Waals surface area contributed by atoms with Crippen molar-refractivity contribution in [3.8, 4) is 51.0 Å². The topological polar surface area (TPSA) is 56.7 Å². The first-order valence-electron chi connectivity index (χ1n) is 18.9. The molecule has 0 radical (unpaired) electrons. The van der Waals surface area contributed by atoms with Crippen molar-refractivity contribution in [3.63, 3.8) is 0 Å². The molecule has 5 nitrogen and oxygen atoms in total. The van der Waals surface area contributed by atoms with E-state index < -0.39 is 0 Å². The molecule has 0 aliphatic carbocycles.